The minimum absolute atomic E-state index is 0.0344. The number of furan rings is 2. The zero-order valence-electron chi connectivity index (χ0n) is 20.9. The first-order valence-corrected chi connectivity index (χ1v) is 12.2. The number of ether oxygens (including phenoxy) is 4. The predicted molar refractivity (Wildman–Crippen MR) is 137 cm³/mol. The van der Waals surface area contributed by atoms with Gasteiger partial charge in [-0.05, 0) is 66.1 Å². The van der Waals surface area contributed by atoms with Gasteiger partial charge in [0.05, 0.1) is 12.5 Å². The lowest BCUT2D eigenvalue weighted by molar-refractivity contribution is 0.0103. The van der Waals surface area contributed by atoms with Crippen molar-refractivity contribution in [2.24, 2.45) is 0 Å². The lowest BCUT2D eigenvalue weighted by Crippen LogP contribution is -2.25. The van der Waals surface area contributed by atoms with Crippen LogP contribution in [0.25, 0.3) is 0 Å². The minimum Gasteiger partial charge on any atom is -0.491 e. The molecule has 4 aromatic rings. The number of carbonyl (C=O) groups is 2. The standard InChI is InChI=1S/C29H28O10/c30-22(18-38-28(32)26-3-1-13-34-26)16-36-24-9-5-20(6-10-24)15-21-7-11-25(12-8-21)37-17-23(31)19-39-29(33)27-4-2-14-35-27/h1-14,22-23,30-31H,15-19H2. The van der Waals surface area contributed by atoms with E-state index in [4.69, 9.17) is 27.8 Å². The van der Waals surface area contributed by atoms with Crippen LogP contribution >= 0.6 is 0 Å². The Hall–Kier alpha value is -4.54. The summed E-state index contributed by atoms with van der Waals surface area (Å²) in [6.07, 6.45) is 1.44. The molecule has 0 spiro atoms. The molecule has 204 valence electrons. The van der Waals surface area contributed by atoms with Crippen molar-refractivity contribution in [3.8, 4) is 11.5 Å². The second-order valence-corrected chi connectivity index (χ2v) is 8.55. The summed E-state index contributed by atoms with van der Waals surface area (Å²) in [6.45, 7) is -0.494. The van der Waals surface area contributed by atoms with E-state index in [0.29, 0.717) is 17.9 Å². The molecule has 0 saturated heterocycles. The van der Waals surface area contributed by atoms with Crippen molar-refractivity contribution < 1.29 is 47.6 Å². The molecule has 0 aliphatic rings. The lowest BCUT2D eigenvalue weighted by atomic mass is 10.0. The van der Waals surface area contributed by atoms with E-state index in [0.717, 1.165) is 11.1 Å². The summed E-state index contributed by atoms with van der Waals surface area (Å²) in [4.78, 5) is 23.5. The van der Waals surface area contributed by atoms with Crippen molar-refractivity contribution in [3.05, 3.63) is 108 Å². The highest BCUT2D eigenvalue weighted by molar-refractivity contribution is 5.86. The van der Waals surface area contributed by atoms with Gasteiger partial charge in [0, 0.05) is 0 Å². The van der Waals surface area contributed by atoms with Crippen molar-refractivity contribution in [1.82, 2.24) is 0 Å². The number of carbonyl (C=O) groups excluding carboxylic acids is 2. The third-order valence-corrected chi connectivity index (χ3v) is 5.40. The third-order valence-electron chi connectivity index (χ3n) is 5.40. The number of aliphatic hydroxyl groups excluding tert-OH is 2. The lowest BCUT2D eigenvalue weighted by Gasteiger charge is -2.13. The average Bonchev–Trinajstić information content (AvgIpc) is 3.69. The van der Waals surface area contributed by atoms with E-state index in [1.54, 1.807) is 36.4 Å². The molecular formula is C29H28O10. The van der Waals surface area contributed by atoms with E-state index in [2.05, 4.69) is 0 Å². The van der Waals surface area contributed by atoms with Gasteiger partial charge in [0.2, 0.25) is 11.5 Å². The minimum atomic E-state index is -0.984. The average molecular weight is 537 g/mol. The molecule has 2 unspecified atom stereocenters. The number of hydrogen-bond donors (Lipinski definition) is 2. The van der Waals surface area contributed by atoms with E-state index in [1.807, 2.05) is 24.3 Å². The van der Waals surface area contributed by atoms with Crippen molar-refractivity contribution in [2.75, 3.05) is 26.4 Å². The van der Waals surface area contributed by atoms with Gasteiger partial charge in [0.15, 0.2) is 0 Å². The van der Waals surface area contributed by atoms with Crippen molar-refractivity contribution >= 4 is 11.9 Å². The fraction of sp³-hybridized carbons (Fsp3) is 0.241. The summed E-state index contributed by atoms with van der Waals surface area (Å²) < 4.78 is 31.0. The quantitative estimate of drug-likeness (QED) is 0.230. The molecular weight excluding hydrogens is 508 g/mol. The molecule has 2 atom stereocenters. The van der Waals surface area contributed by atoms with Crippen LogP contribution in [0.2, 0.25) is 0 Å². The van der Waals surface area contributed by atoms with Gasteiger partial charge in [-0.1, -0.05) is 24.3 Å². The number of hydrogen-bond acceptors (Lipinski definition) is 10. The Bertz CT molecular complexity index is 1180. The van der Waals surface area contributed by atoms with Gasteiger partial charge in [0.1, 0.15) is 50.1 Å². The molecule has 2 aromatic carbocycles. The molecule has 2 aromatic heterocycles. The summed E-state index contributed by atoms with van der Waals surface area (Å²) in [7, 11) is 0. The molecule has 39 heavy (non-hydrogen) atoms. The van der Waals surface area contributed by atoms with Crippen molar-refractivity contribution in [3.63, 3.8) is 0 Å². The van der Waals surface area contributed by atoms with Gasteiger partial charge in [-0.2, -0.15) is 0 Å². The highest BCUT2D eigenvalue weighted by Gasteiger charge is 2.15. The summed E-state index contributed by atoms with van der Waals surface area (Å²) in [5, 5.41) is 20.0. The molecule has 0 radical (unpaired) electrons. The van der Waals surface area contributed by atoms with E-state index in [1.165, 1.54) is 24.7 Å². The van der Waals surface area contributed by atoms with Crippen LogP contribution in [-0.4, -0.2) is 60.8 Å². The fourth-order valence-corrected chi connectivity index (χ4v) is 3.40. The van der Waals surface area contributed by atoms with E-state index in [-0.39, 0.29) is 37.9 Å². The second kappa shape index (κ2) is 13.8. The maximum atomic E-state index is 11.7. The molecule has 0 amide bonds. The fourth-order valence-electron chi connectivity index (χ4n) is 3.40. The maximum Gasteiger partial charge on any atom is 0.374 e. The zero-order chi connectivity index (χ0) is 27.5. The van der Waals surface area contributed by atoms with Gasteiger partial charge in [-0.15, -0.1) is 0 Å². The molecule has 0 bridgehead atoms. The molecule has 2 heterocycles. The Kier molecular flexibility index (Phi) is 9.76. The molecule has 10 heteroatoms. The summed E-state index contributed by atoms with van der Waals surface area (Å²) in [6, 6.07) is 21.0. The first kappa shape index (κ1) is 27.5. The summed E-state index contributed by atoms with van der Waals surface area (Å²) >= 11 is 0. The number of aliphatic hydroxyl groups is 2. The number of rotatable bonds is 14. The van der Waals surface area contributed by atoms with Crippen LogP contribution in [0.5, 0.6) is 11.5 Å². The summed E-state index contributed by atoms with van der Waals surface area (Å²) in [5.74, 6) is -0.00256. The molecule has 10 nitrogen and oxygen atoms in total. The van der Waals surface area contributed by atoms with Crippen LogP contribution in [-0.2, 0) is 15.9 Å². The number of esters is 2. The van der Waals surface area contributed by atoms with Crippen molar-refractivity contribution in [1.29, 1.82) is 0 Å². The molecule has 0 fully saturated rings. The zero-order valence-corrected chi connectivity index (χ0v) is 20.9. The Morgan fingerprint density at radius 1 is 0.615 bits per heavy atom. The van der Waals surface area contributed by atoms with Crippen LogP contribution in [0.1, 0.15) is 32.2 Å². The highest BCUT2D eigenvalue weighted by Crippen LogP contribution is 2.18. The monoisotopic (exact) mass is 536 g/mol. The number of benzene rings is 2. The molecule has 0 aliphatic carbocycles. The maximum absolute atomic E-state index is 11.7. The first-order valence-electron chi connectivity index (χ1n) is 12.2. The van der Waals surface area contributed by atoms with Crippen LogP contribution in [0.15, 0.2) is 94.2 Å². The summed E-state index contributed by atoms with van der Waals surface area (Å²) in [5.41, 5.74) is 2.11. The third kappa shape index (κ3) is 8.77. The van der Waals surface area contributed by atoms with E-state index >= 15 is 0 Å². The van der Waals surface area contributed by atoms with E-state index < -0.39 is 24.1 Å². The Morgan fingerprint density at radius 2 is 1.03 bits per heavy atom. The van der Waals surface area contributed by atoms with Crippen LogP contribution in [0, 0.1) is 0 Å². The van der Waals surface area contributed by atoms with Crippen LogP contribution in [0.4, 0.5) is 0 Å². The SMILES string of the molecule is O=C(OCC(O)COc1ccc(Cc2ccc(OCC(O)COC(=O)c3ccco3)cc2)cc1)c1ccco1. The molecule has 2 N–H and O–H groups in total. The van der Waals surface area contributed by atoms with Gasteiger partial charge in [-0.25, -0.2) is 9.59 Å². The van der Waals surface area contributed by atoms with Gasteiger partial charge < -0.3 is 38.0 Å². The predicted octanol–water partition coefficient (Wildman–Crippen LogP) is 3.66. The van der Waals surface area contributed by atoms with Gasteiger partial charge in [0.25, 0.3) is 0 Å². The normalized spacial score (nSPS) is 12.4. The first-order chi connectivity index (χ1) is 19.0. The van der Waals surface area contributed by atoms with Crippen LogP contribution in [0.3, 0.4) is 0 Å². The topological polar surface area (TPSA) is 138 Å². The molecule has 0 saturated carbocycles. The van der Waals surface area contributed by atoms with Crippen molar-refractivity contribution in [2.45, 2.75) is 18.6 Å². The molecule has 4 rings (SSSR count). The Morgan fingerprint density at radius 3 is 1.38 bits per heavy atom. The Balaban J connectivity index is 1.14. The highest BCUT2D eigenvalue weighted by atomic mass is 16.6. The van der Waals surface area contributed by atoms with Gasteiger partial charge >= 0.3 is 11.9 Å². The largest absolute Gasteiger partial charge is 0.491 e. The smallest absolute Gasteiger partial charge is 0.374 e. The van der Waals surface area contributed by atoms with Gasteiger partial charge in [-0.3, -0.25) is 0 Å². The van der Waals surface area contributed by atoms with Crippen LogP contribution < -0.4 is 9.47 Å². The Labute approximate surface area is 224 Å². The second-order valence-electron chi connectivity index (χ2n) is 8.55. The van der Waals surface area contributed by atoms with E-state index in [9.17, 15) is 19.8 Å². The molecule has 0 aliphatic heterocycles.